The first-order valence-corrected chi connectivity index (χ1v) is 3.70. The summed E-state index contributed by atoms with van der Waals surface area (Å²) in [5.74, 6) is 1.21. The Hall–Kier alpha value is 0.150. The smallest absolute Gasteiger partial charge is 0.134 e. The van der Waals surface area contributed by atoms with Crippen LogP contribution in [0.4, 0.5) is 0 Å². The van der Waals surface area contributed by atoms with Gasteiger partial charge in [-0.1, -0.05) is 22.9 Å². The molecular formula is C6H9BrO. The zero-order valence-electron chi connectivity index (χ0n) is 5.02. The minimum atomic E-state index is 0.315. The Bertz CT molecular complexity index is 114. The van der Waals surface area contributed by atoms with Crippen molar-refractivity contribution in [2.75, 3.05) is 0 Å². The highest BCUT2D eigenvalue weighted by Crippen LogP contribution is 2.45. The third kappa shape index (κ3) is 0.815. The summed E-state index contributed by atoms with van der Waals surface area (Å²) in [6, 6.07) is 0. The van der Waals surface area contributed by atoms with Gasteiger partial charge in [-0.3, -0.25) is 4.79 Å². The van der Waals surface area contributed by atoms with Gasteiger partial charge in [0.15, 0.2) is 0 Å². The van der Waals surface area contributed by atoms with Crippen LogP contribution in [0.5, 0.6) is 0 Å². The highest BCUT2D eigenvalue weighted by atomic mass is 79.9. The number of halogens is 1. The number of carbonyl (C=O) groups excluding carboxylic acids is 1. The minimum absolute atomic E-state index is 0.315. The van der Waals surface area contributed by atoms with Crippen molar-refractivity contribution >= 4 is 21.7 Å². The Morgan fingerprint density at radius 2 is 2.00 bits per heavy atom. The van der Waals surface area contributed by atoms with Crippen LogP contribution in [0.2, 0.25) is 0 Å². The monoisotopic (exact) mass is 176 g/mol. The number of hydrogen-bond donors (Lipinski definition) is 0. The quantitative estimate of drug-likeness (QED) is 0.556. The SMILES string of the molecule is CC(=O)[C@@H]1[C@@H](C)[C@H]1Br. The van der Waals surface area contributed by atoms with E-state index < -0.39 is 0 Å². The van der Waals surface area contributed by atoms with Gasteiger partial charge in [-0.2, -0.15) is 0 Å². The molecule has 0 aromatic carbocycles. The molecule has 0 aromatic heterocycles. The molecule has 1 aliphatic rings. The minimum Gasteiger partial charge on any atom is -0.300 e. The summed E-state index contributed by atoms with van der Waals surface area (Å²) in [5.41, 5.74) is 0. The average Bonchev–Trinajstić information content (AvgIpc) is 2.15. The van der Waals surface area contributed by atoms with Crippen molar-refractivity contribution in [2.24, 2.45) is 11.8 Å². The molecule has 0 saturated heterocycles. The standard InChI is InChI=1S/C6H9BrO/c1-3-5(4(2)8)6(3)7/h3,5-6H,1-2H3/t3-,5+,6-/m1/s1. The van der Waals surface area contributed by atoms with E-state index in [1.165, 1.54) is 0 Å². The first-order chi connectivity index (χ1) is 3.64. The lowest BCUT2D eigenvalue weighted by Crippen LogP contribution is -1.94. The van der Waals surface area contributed by atoms with Gasteiger partial charge >= 0.3 is 0 Å². The van der Waals surface area contributed by atoms with Crippen LogP contribution in [0, 0.1) is 11.8 Å². The van der Waals surface area contributed by atoms with Crippen LogP contribution < -0.4 is 0 Å². The van der Waals surface area contributed by atoms with Gasteiger partial charge in [0.05, 0.1) is 0 Å². The van der Waals surface area contributed by atoms with Crippen LogP contribution in [0.15, 0.2) is 0 Å². The molecule has 0 spiro atoms. The third-order valence-corrected chi connectivity index (χ3v) is 3.14. The molecule has 0 unspecified atom stereocenters. The van der Waals surface area contributed by atoms with E-state index in [1.807, 2.05) is 0 Å². The molecule has 1 nitrogen and oxygen atoms in total. The largest absolute Gasteiger partial charge is 0.300 e. The van der Waals surface area contributed by atoms with Crippen LogP contribution in [0.25, 0.3) is 0 Å². The van der Waals surface area contributed by atoms with Gasteiger partial charge in [-0.05, 0) is 12.8 Å². The van der Waals surface area contributed by atoms with Crippen LogP contribution in [-0.4, -0.2) is 10.6 Å². The Kier molecular flexibility index (Phi) is 1.44. The molecule has 0 amide bonds. The number of hydrogen-bond acceptors (Lipinski definition) is 1. The first-order valence-electron chi connectivity index (χ1n) is 2.79. The Morgan fingerprint density at radius 1 is 1.62 bits per heavy atom. The van der Waals surface area contributed by atoms with Gasteiger partial charge in [-0.25, -0.2) is 0 Å². The predicted molar refractivity (Wildman–Crippen MR) is 36.0 cm³/mol. The Morgan fingerprint density at radius 3 is 2.00 bits per heavy atom. The average molecular weight is 177 g/mol. The number of ketones is 1. The fraction of sp³-hybridized carbons (Fsp3) is 0.833. The maximum atomic E-state index is 10.6. The van der Waals surface area contributed by atoms with E-state index in [1.54, 1.807) is 6.92 Å². The second-order valence-corrected chi connectivity index (χ2v) is 3.50. The number of rotatable bonds is 1. The fourth-order valence-electron chi connectivity index (χ4n) is 1.01. The van der Waals surface area contributed by atoms with Crippen LogP contribution in [0.1, 0.15) is 13.8 Å². The van der Waals surface area contributed by atoms with Crippen LogP contribution in [0.3, 0.4) is 0 Å². The Labute approximate surface area is 57.6 Å². The third-order valence-electron chi connectivity index (χ3n) is 1.74. The van der Waals surface area contributed by atoms with Crippen molar-refractivity contribution in [3.05, 3.63) is 0 Å². The van der Waals surface area contributed by atoms with Gasteiger partial charge in [0.2, 0.25) is 0 Å². The second kappa shape index (κ2) is 1.83. The van der Waals surface area contributed by atoms with Crippen molar-refractivity contribution < 1.29 is 4.79 Å². The van der Waals surface area contributed by atoms with Crippen molar-refractivity contribution in [3.8, 4) is 0 Å². The highest BCUT2D eigenvalue weighted by Gasteiger charge is 2.47. The van der Waals surface area contributed by atoms with E-state index in [0.717, 1.165) is 0 Å². The molecule has 46 valence electrons. The maximum absolute atomic E-state index is 10.6. The van der Waals surface area contributed by atoms with Crippen molar-refractivity contribution in [2.45, 2.75) is 18.7 Å². The molecule has 1 aliphatic carbocycles. The van der Waals surface area contributed by atoms with E-state index in [0.29, 0.717) is 22.4 Å². The fourth-order valence-corrected chi connectivity index (χ4v) is 2.01. The number of carbonyl (C=O) groups is 1. The molecule has 8 heavy (non-hydrogen) atoms. The topological polar surface area (TPSA) is 17.1 Å². The lowest BCUT2D eigenvalue weighted by Gasteiger charge is -1.81. The molecule has 0 N–H and O–H groups in total. The van der Waals surface area contributed by atoms with Gasteiger partial charge in [0.1, 0.15) is 5.78 Å². The van der Waals surface area contributed by atoms with E-state index in [2.05, 4.69) is 22.9 Å². The molecule has 0 radical (unpaired) electrons. The van der Waals surface area contributed by atoms with E-state index in [4.69, 9.17) is 0 Å². The molecule has 3 atom stereocenters. The van der Waals surface area contributed by atoms with Crippen molar-refractivity contribution in [1.29, 1.82) is 0 Å². The number of alkyl halides is 1. The summed E-state index contributed by atoms with van der Waals surface area (Å²) in [5, 5.41) is 0. The van der Waals surface area contributed by atoms with Crippen LogP contribution in [-0.2, 0) is 4.79 Å². The summed E-state index contributed by atoms with van der Waals surface area (Å²) in [6.45, 7) is 3.74. The molecule has 1 saturated carbocycles. The lowest BCUT2D eigenvalue weighted by atomic mass is 10.2. The van der Waals surface area contributed by atoms with Gasteiger partial charge in [-0.15, -0.1) is 0 Å². The second-order valence-electron chi connectivity index (χ2n) is 2.44. The zero-order valence-corrected chi connectivity index (χ0v) is 6.60. The van der Waals surface area contributed by atoms with E-state index in [-0.39, 0.29) is 0 Å². The molecule has 0 aliphatic heterocycles. The van der Waals surface area contributed by atoms with Crippen molar-refractivity contribution in [3.63, 3.8) is 0 Å². The van der Waals surface area contributed by atoms with E-state index >= 15 is 0 Å². The molecule has 1 fully saturated rings. The molecule has 0 heterocycles. The maximum Gasteiger partial charge on any atom is 0.134 e. The van der Waals surface area contributed by atoms with E-state index in [9.17, 15) is 4.79 Å². The highest BCUT2D eigenvalue weighted by molar-refractivity contribution is 9.09. The Balaban J connectivity index is 2.44. The summed E-state index contributed by atoms with van der Waals surface area (Å²) in [4.78, 5) is 11.1. The van der Waals surface area contributed by atoms with Crippen molar-refractivity contribution in [1.82, 2.24) is 0 Å². The molecule has 0 bridgehead atoms. The number of Topliss-reactive ketones (excluding diaryl/α,β-unsaturated/α-hetero) is 1. The van der Waals surface area contributed by atoms with Gasteiger partial charge < -0.3 is 0 Å². The lowest BCUT2D eigenvalue weighted by molar-refractivity contribution is -0.118. The summed E-state index contributed by atoms with van der Waals surface area (Å²) < 4.78 is 0. The van der Waals surface area contributed by atoms with Crippen LogP contribution >= 0.6 is 15.9 Å². The molecular weight excluding hydrogens is 168 g/mol. The van der Waals surface area contributed by atoms with Gasteiger partial charge in [0, 0.05) is 10.7 Å². The molecule has 2 heteroatoms. The molecule has 0 aromatic rings. The van der Waals surface area contributed by atoms with Gasteiger partial charge in [0.25, 0.3) is 0 Å². The summed E-state index contributed by atoms with van der Waals surface area (Å²) >= 11 is 3.39. The zero-order chi connectivity index (χ0) is 6.31. The normalized spacial score (nSPS) is 44.1. The summed E-state index contributed by atoms with van der Waals surface area (Å²) in [7, 11) is 0. The summed E-state index contributed by atoms with van der Waals surface area (Å²) in [6.07, 6.45) is 0. The first kappa shape index (κ1) is 6.27. The predicted octanol–water partition coefficient (Wildman–Crippen LogP) is 1.60. The molecule has 1 rings (SSSR count).